The highest BCUT2D eigenvalue weighted by Gasteiger charge is 2.26. The highest BCUT2D eigenvalue weighted by molar-refractivity contribution is 5.86. The summed E-state index contributed by atoms with van der Waals surface area (Å²) in [5, 5.41) is 20.9. The molecule has 0 aliphatic carbocycles. The van der Waals surface area contributed by atoms with Gasteiger partial charge < -0.3 is 26.2 Å². The third kappa shape index (κ3) is 7.21. The van der Waals surface area contributed by atoms with Crippen LogP contribution >= 0.6 is 0 Å². The number of nitrogens with one attached hydrogen (secondary N) is 1. The zero-order valence-corrected chi connectivity index (χ0v) is 14.4. The Labute approximate surface area is 146 Å². The quantitative estimate of drug-likeness (QED) is 0.504. The van der Waals surface area contributed by atoms with Crippen LogP contribution in [0.4, 0.5) is 4.79 Å². The second-order valence-corrected chi connectivity index (χ2v) is 6.25. The van der Waals surface area contributed by atoms with Crippen LogP contribution in [0.1, 0.15) is 19.4 Å². The van der Waals surface area contributed by atoms with Gasteiger partial charge in [-0.15, -0.1) is 0 Å². The molecule has 2 atom stereocenters. The third-order valence-electron chi connectivity index (χ3n) is 3.47. The number of carbonyl (C=O) groups excluding carboxylic acids is 2. The average molecular weight is 351 g/mol. The minimum Gasteiger partial charge on any atom is -0.479 e. The number of carboxylic acid groups (broad SMARTS) is 1. The molecule has 0 radical (unpaired) electrons. The molecule has 2 unspecified atom stereocenters. The third-order valence-corrected chi connectivity index (χ3v) is 3.47. The molecule has 0 bridgehead atoms. The van der Waals surface area contributed by atoms with Crippen molar-refractivity contribution in [3.63, 3.8) is 0 Å². The molecule has 0 saturated carbocycles. The molecular formula is C17H25N3O5. The summed E-state index contributed by atoms with van der Waals surface area (Å²) in [6, 6.07) is 7.48. The van der Waals surface area contributed by atoms with Crippen molar-refractivity contribution in [2.24, 2.45) is 11.7 Å². The van der Waals surface area contributed by atoms with Crippen molar-refractivity contribution < 1.29 is 24.6 Å². The van der Waals surface area contributed by atoms with Gasteiger partial charge >= 0.3 is 12.0 Å². The van der Waals surface area contributed by atoms with Crippen LogP contribution in [-0.4, -0.2) is 58.3 Å². The van der Waals surface area contributed by atoms with E-state index >= 15 is 0 Å². The van der Waals surface area contributed by atoms with Gasteiger partial charge in [-0.1, -0.05) is 44.2 Å². The highest BCUT2D eigenvalue weighted by atomic mass is 16.4. The van der Waals surface area contributed by atoms with E-state index in [-0.39, 0.29) is 25.4 Å². The summed E-state index contributed by atoms with van der Waals surface area (Å²) in [7, 11) is 0. The number of aliphatic carboxylic acids is 1. The first-order valence-electron chi connectivity index (χ1n) is 8.00. The molecule has 3 amide bonds. The second kappa shape index (κ2) is 9.63. The smallest absolute Gasteiger partial charge is 0.334 e. The number of aliphatic hydroxyl groups excluding tert-OH is 1. The standard InChI is InChI=1S/C17H25N3O5/c1-11(2)9-20(10-14(21)16(23)24)17(25)19-13(15(18)22)8-12-6-4-3-5-7-12/h3-7,11,13-14,21H,8-10H2,1-2H3,(H2,18,22)(H,19,25)(H,23,24). The molecule has 0 aliphatic rings. The number of hydrogen-bond donors (Lipinski definition) is 4. The van der Waals surface area contributed by atoms with Crippen molar-refractivity contribution >= 4 is 17.9 Å². The fraction of sp³-hybridized carbons (Fsp3) is 0.471. The van der Waals surface area contributed by atoms with E-state index < -0.39 is 30.1 Å². The van der Waals surface area contributed by atoms with Crippen molar-refractivity contribution in [3.8, 4) is 0 Å². The lowest BCUT2D eigenvalue weighted by Gasteiger charge is -2.28. The van der Waals surface area contributed by atoms with E-state index in [1.54, 1.807) is 0 Å². The van der Waals surface area contributed by atoms with Crippen molar-refractivity contribution in [1.29, 1.82) is 0 Å². The van der Waals surface area contributed by atoms with Gasteiger partial charge in [0.15, 0.2) is 6.10 Å². The number of primary amides is 1. The minimum absolute atomic E-state index is 0.0490. The first-order chi connectivity index (χ1) is 11.7. The van der Waals surface area contributed by atoms with Gasteiger partial charge in [-0.25, -0.2) is 9.59 Å². The summed E-state index contributed by atoms with van der Waals surface area (Å²) in [4.78, 5) is 36.1. The second-order valence-electron chi connectivity index (χ2n) is 6.25. The monoisotopic (exact) mass is 351 g/mol. The summed E-state index contributed by atoms with van der Waals surface area (Å²) >= 11 is 0. The summed E-state index contributed by atoms with van der Waals surface area (Å²) < 4.78 is 0. The molecule has 0 aliphatic heterocycles. The number of carbonyl (C=O) groups is 3. The molecular weight excluding hydrogens is 326 g/mol. The van der Waals surface area contributed by atoms with E-state index in [4.69, 9.17) is 10.8 Å². The summed E-state index contributed by atoms with van der Waals surface area (Å²) in [5.74, 6) is -2.06. The largest absolute Gasteiger partial charge is 0.479 e. The van der Waals surface area contributed by atoms with Gasteiger partial charge in [-0.3, -0.25) is 4.79 Å². The molecule has 1 aromatic rings. The number of nitrogens with zero attached hydrogens (tertiary/aromatic N) is 1. The molecule has 138 valence electrons. The average Bonchev–Trinajstić information content (AvgIpc) is 2.53. The Bertz CT molecular complexity index is 591. The van der Waals surface area contributed by atoms with Crippen LogP contribution in [0.2, 0.25) is 0 Å². The molecule has 0 spiro atoms. The van der Waals surface area contributed by atoms with Crippen LogP contribution in [0.25, 0.3) is 0 Å². The Morgan fingerprint density at radius 2 is 1.76 bits per heavy atom. The normalized spacial score (nSPS) is 13.1. The van der Waals surface area contributed by atoms with Gasteiger partial charge in [0.05, 0.1) is 6.54 Å². The maximum absolute atomic E-state index is 12.4. The Hall–Kier alpha value is -2.61. The Balaban J connectivity index is 2.82. The summed E-state index contributed by atoms with van der Waals surface area (Å²) in [6.45, 7) is 3.55. The summed E-state index contributed by atoms with van der Waals surface area (Å²) in [5.41, 5.74) is 6.19. The van der Waals surface area contributed by atoms with Crippen LogP contribution < -0.4 is 11.1 Å². The van der Waals surface area contributed by atoms with Gasteiger partial charge in [-0.05, 0) is 11.5 Å². The van der Waals surface area contributed by atoms with Crippen LogP contribution in [0, 0.1) is 5.92 Å². The number of carboxylic acids is 1. The van der Waals surface area contributed by atoms with Gasteiger partial charge in [0.2, 0.25) is 5.91 Å². The van der Waals surface area contributed by atoms with Crippen molar-refractivity contribution in [3.05, 3.63) is 35.9 Å². The van der Waals surface area contributed by atoms with Gasteiger partial charge in [0.25, 0.3) is 0 Å². The fourth-order valence-electron chi connectivity index (χ4n) is 2.28. The van der Waals surface area contributed by atoms with Crippen molar-refractivity contribution in [2.75, 3.05) is 13.1 Å². The van der Waals surface area contributed by atoms with Gasteiger partial charge in [0.1, 0.15) is 6.04 Å². The number of benzene rings is 1. The number of amides is 3. The Morgan fingerprint density at radius 3 is 2.24 bits per heavy atom. The number of urea groups is 1. The Kier molecular flexibility index (Phi) is 7.87. The topological polar surface area (TPSA) is 133 Å². The van der Waals surface area contributed by atoms with Gasteiger partial charge in [-0.2, -0.15) is 0 Å². The van der Waals surface area contributed by atoms with Crippen LogP contribution in [-0.2, 0) is 16.0 Å². The predicted octanol–water partition coefficient (Wildman–Crippen LogP) is 0.196. The molecule has 0 fully saturated rings. The van der Waals surface area contributed by atoms with Crippen LogP contribution in [0.3, 0.4) is 0 Å². The molecule has 1 rings (SSSR count). The number of aliphatic hydroxyl groups is 1. The molecule has 1 aromatic carbocycles. The van der Waals surface area contributed by atoms with E-state index in [0.29, 0.717) is 0 Å². The Morgan fingerprint density at radius 1 is 1.16 bits per heavy atom. The van der Waals surface area contributed by atoms with E-state index in [1.807, 2.05) is 44.2 Å². The van der Waals surface area contributed by atoms with Gasteiger partial charge in [0, 0.05) is 13.0 Å². The molecule has 5 N–H and O–H groups in total. The lowest BCUT2D eigenvalue weighted by atomic mass is 10.1. The maximum atomic E-state index is 12.4. The summed E-state index contributed by atoms with van der Waals surface area (Å²) in [6.07, 6.45) is -1.48. The van der Waals surface area contributed by atoms with Crippen molar-refractivity contribution in [1.82, 2.24) is 10.2 Å². The fourth-order valence-corrected chi connectivity index (χ4v) is 2.28. The molecule has 0 aromatic heterocycles. The van der Waals surface area contributed by atoms with E-state index in [2.05, 4.69) is 5.32 Å². The van der Waals surface area contributed by atoms with Crippen LogP contribution in [0.15, 0.2) is 30.3 Å². The zero-order chi connectivity index (χ0) is 19.0. The number of hydrogen-bond acceptors (Lipinski definition) is 4. The van der Waals surface area contributed by atoms with Crippen molar-refractivity contribution in [2.45, 2.75) is 32.4 Å². The molecule has 0 heterocycles. The lowest BCUT2D eigenvalue weighted by Crippen LogP contribution is -2.53. The first-order valence-corrected chi connectivity index (χ1v) is 8.00. The molecule has 8 nitrogen and oxygen atoms in total. The zero-order valence-electron chi connectivity index (χ0n) is 14.4. The molecule has 8 heteroatoms. The predicted molar refractivity (Wildman–Crippen MR) is 91.7 cm³/mol. The molecule has 25 heavy (non-hydrogen) atoms. The SMILES string of the molecule is CC(C)CN(CC(O)C(=O)O)C(=O)NC(Cc1ccccc1)C(N)=O. The van der Waals surface area contributed by atoms with E-state index in [9.17, 15) is 19.5 Å². The first kappa shape index (κ1) is 20.4. The van der Waals surface area contributed by atoms with E-state index in [0.717, 1.165) is 5.56 Å². The number of nitrogens with two attached hydrogens (primary N) is 1. The highest BCUT2D eigenvalue weighted by Crippen LogP contribution is 2.06. The maximum Gasteiger partial charge on any atom is 0.334 e. The lowest BCUT2D eigenvalue weighted by molar-refractivity contribution is -0.147. The van der Waals surface area contributed by atoms with E-state index in [1.165, 1.54) is 4.90 Å². The molecule has 0 saturated heterocycles. The minimum atomic E-state index is -1.70. The number of rotatable bonds is 9. The van der Waals surface area contributed by atoms with Crippen LogP contribution in [0.5, 0.6) is 0 Å².